The summed E-state index contributed by atoms with van der Waals surface area (Å²) in [5.41, 5.74) is 1.27. The van der Waals surface area contributed by atoms with Gasteiger partial charge in [-0.15, -0.1) is 5.10 Å². The van der Waals surface area contributed by atoms with Crippen LogP contribution in [0.5, 0.6) is 0 Å². The highest BCUT2D eigenvalue weighted by Crippen LogP contribution is 2.15. The fourth-order valence-electron chi connectivity index (χ4n) is 2.43. The molecule has 0 aliphatic carbocycles. The first-order chi connectivity index (χ1) is 13.0. The van der Waals surface area contributed by atoms with E-state index < -0.39 is 0 Å². The van der Waals surface area contributed by atoms with Gasteiger partial charge in [0.1, 0.15) is 17.5 Å². The van der Waals surface area contributed by atoms with Crippen LogP contribution in [0.15, 0.2) is 48.5 Å². The zero-order valence-corrected chi connectivity index (χ0v) is 15.5. The summed E-state index contributed by atoms with van der Waals surface area (Å²) in [6.07, 6.45) is 0. The highest BCUT2D eigenvalue weighted by molar-refractivity contribution is 7.98. The zero-order valence-electron chi connectivity index (χ0n) is 14.7. The second-order valence-electron chi connectivity index (χ2n) is 5.77. The molecule has 0 aliphatic rings. The third-order valence-corrected chi connectivity index (χ3v) is 4.80. The van der Waals surface area contributed by atoms with Gasteiger partial charge in [0.05, 0.1) is 5.69 Å². The fourth-order valence-corrected chi connectivity index (χ4v) is 3.27. The van der Waals surface area contributed by atoms with E-state index in [0.717, 1.165) is 0 Å². The molecule has 3 aromatic rings. The SMILES string of the molecule is Cc1nc(C(=O)NCCSCc2ccccc2F)nn1-c1ccc(F)cc1. The molecule has 0 atom stereocenters. The summed E-state index contributed by atoms with van der Waals surface area (Å²) in [5, 5.41) is 6.93. The standard InChI is InChI=1S/C19H18F2N4OS/c1-13-23-18(24-25(13)16-8-6-15(20)7-9-16)19(26)22-10-11-27-12-14-4-2-3-5-17(14)21/h2-9H,10-12H2,1H3,(H,22,26). The van der Waals surface area contributed by atoms with Crippen molar-refractivity contribution in [1.29, 1.82) is 0 Å². The average molecular weight is 388 g/mol. The van der Waals surface area contributed by atoms with Gasteiger partial charge < -0.3 is 5.32 Å². The molecule has 1 heterocycles. The van der Waals surface area contributed by atoms with E-state index >= 15 is 0 Å². The molecule has 0 radical (unpaired) electrons. The minimum Gasteiger partial charge on any atom is -0.348 e. The van der Waals surface area contributed by atoms with Gasteiger partial charge in [0.2, 0.25) is 5.82 Å². The summed E-state index contributed by atoms with van der Waals surface area (Å²) in [5.74, 6) is 0.807. The van der Waals surface area contributed by atoms with Crippen LogP contribution >= 0.6 is 11.8 Å². The van der Waals surface area contributed by atoms with E-state index in [1.54, 1.807) is 37.3 Å². The minimum absolute atomic E-state index is 0.0518. The Bertz CT molecular complexity index is 928. The van der Waals surface area contributed by atoms with E-state index in [-0.39, 0.29) is 23.4 Å². The molecular formula is C19H18F2N4OS. The monoisotopic (exact) mass is 388 g/mol. The van der Waals surface area contributed by atoms with Crippen molar-refractivity contribution in [3.8, 4) is 5.69 Å². The van der Waals surface area contributed by atoms with Gasteiger partial charge in [-0.3, -0.25) is 4.79 Å². The fraction of sp³-hybridized carbons (Fsp3) is 0.211. The van der Waals surface area contributed by atoms with Crippen LogP contribution in [0.1, 0.15) is 22.0 Å². The molecule has 0 aliphatic heterocycles. The Morgan fingerprint density at radius 2 is 1.89 bits per heavy atom. The molecule has 8 heteroatoms. The Kier molecular flexibility index (Phi) is 6.18. The lowest BCUT2D eigenvalue weighted by Crippen LogP contribution is -2.27. The zero-order chi connectivity index (χ0) is 19.2. The Morgan fingerprint density at radius 1 is 1.15 bits per heavy atom. The van der Waals surface area contributed by atoms with Crippen molar-refractivity contribution in [2.75, 3.05) is 12.3 Å². The Balaban J connectivity index is 1.50. The first-order valence-electron chi connectivity index (χ1n) is 8.33. The van der Waals surface area contributed by atoms with Gasteiger partial charge in [-0.2, -0.15) is 11.8 Å². The number of nitrogens with one attached hydrogen (secondary N) is 1. The average Bonchev–Trinajstić information content (AvgIpc) is 3.05. The molecular weight excluding hydrogens is 370 g/mol. The van der Waals surface area contributed by atoms with Crippen molar-refractivity contribution in [3.05, 3.63) is 77.4 Å². The molecule has 5 nitrogen and oxygen atoms in total. The molecule has 3 rings (SSSR count). The summed E-state index contributed by atoms with van der Waals surface area (Å²) in [4.78, 5) is 16.4. The maximum atomic E-state index is 13.5. The smallest absolute Gasteiger partial charge is 0.291 e. The van der Waals surface area contributed by atoms with Gasteiger partial charge >= 0.3 is 0 Å². The third-order valence-electron chi connectivity index (χ3n) is 3.79. The normalized spacial score (nSPS) is 10.8. The molecule has 0 unspecified atom stereocenters. The van der Waals surface area contributed by atoms with Crippen LogP contribution in [0, 0.1) is 18.6 Å². The Hall–Kier alpha value is -2.74. The Morgan fingerprint density at radius 3 is 2.63 bits per heavy atom. The first kappa shape index (κ1) is 19.0. The molecule has 2 aromatic carbocycles. The first-order valence-corrected chi connectivity index (χ1v) is 9.49. The van der Waals surface area contributed by atoms with E-state index in [1.807, 2.05) is 0 Å². The number of hydrogen-bond donors (Lipinski definition) is 1. The molecule has 1 N–H and O–H groups in total. The van der Waals surface area contributed by atoms with Gasteiger partial charge in [-0.1, -0.05) is 18.2 Å². The second-order valence-corrected chi connectivity index (χ2v) is 6.88. The van der Waals surface area contributed by atoms with Crippen LogP contribution in [0.3, 0.4) is 0 Å². The predicted molar refractivity (Wildman–Crippen MR) is 101 cm³/mol. The summed E-state index contributed by atoms with van der Waals surface area (Å²) >= 11 is 1.53. The number of amides is 1. The van der Waals surface area contributed by atoms with Crippen molar-refractivity contribution in [1.82, 2.24) is 20.1 Å². The van der Waals surface area contributed by atoms with Gasteiger partial charge in [-0.05, 0) is 42.8 Å². The number of benzene rings is 2. The van der Waals surface area contributed by atoms with Crippen molar-refractivity contribution in [2.24, 2.45) is 0 Å². The van der Waals surface area contributed by atoms with Crippen molar-refractivity contribution >= 4 is 17.7 Å². The number of halogens is 2. The number of nitrogens with zero attached hydrogens (tertiary/aromatic N) is 3. The van der Waals surface area contributed by atoms with Crippen LogP contribution in [0.2, 0.25) is 0 Å². The van der Waals surface area contributed by atoms with Crippen molar-refractivity contribution in [3.63, 3.8) is 0 Å². The summed E-state index contributed by atoms with van der Waals surface area (Å²) < 4.78 is 28.1. The van der Waals surface area contributed by atoms with Crippen LogP contribution in [0.4, 0.5) is 8.78 Å². The lowest BCUT2D eigenvalue weighted by Gasteiger charge is -2.04. The molecule has 0 bridgehead atoms. The van der Waals surface area contributed by atoms with Crippen molar-refractivity contribution < 1.29 is 13.6 Å². The number of carbonyl (C=O) groups is 1. The molecule has 1 amide bonds. The van der Waals surface area contributed by atoms with Crippen LogP contribution < -0.4 is 5.32 Å². The third kappa shape index (κ3) is 4.91. The molecule has 0 saturated heterocycles. The maximum absolute atomic E-state index is 13.5. The second kappa shape index (κ2) is 8.77. The van der Waals surface area contributed by atoms with Crippen LogP contribution in [0.25, 0.3) is 5.69 Å². The molecule has 27 heavy (non-hydrogen) atoms. The largest absolute Gasteiger partial charge is 0.348 e. The van der Waals surface area contributed by atoms with Gasteiger partial charge in [0.25, 0.3) is 5.91 Å². The lowest BCUT2D eigenvalue weighted by molar-refractivity contribution is 0.0946. The summed E-state index contributed by atoms with van der Waals surface area (Å²) in [6.45, 7) is 2.14. The number of aromatic nitrogens is 3. The lowest BCUT2D eigenvalue weighted by atomic mass is 10.2. The van der Waals surface area contributed by atoms with E-state index in [2.05, 4.69) is 15.4 Å². The number of rotatable bonds is 7. The number of hydrogen-bond acceptors (Lipinski definition) is 4. The molecule has 0 fully saturated rings. The highest BCUT2D eigenvalue weighted by Gasteiger charge is 2.15. The predicted octanol–water partition coefficient (Wildman–Crippen LogP) is 3.52. The maximum Gasteiger partial charge on any atom is 0.291 e. The van der Waals surface area contributed by atoms with E-state index in [0.29, 0.717) is 35.1 Å². The van der Waals surface area contributed by atoms with Crippen LogP contribution in [-0.4, -0.2) is 33.0 Å². The molecule has 140 valence electrons. The van der Waals surface area contributed by atoms with Gasteiger partial charge in [0, 0.05) is 18.1 Å². The van der Waals surface area contributed by atoms with Crippen molar-refractivity contribution in [2.45, 2.75) is 12.7 Å². The molecule has 0 saturated carbocycles. The van der Waals surface area contributed by atoms with Crippen LogP contribution in [-0.2, 0) is 5.75 Å². The number of aryl methyl sites for hydroxylation is 1. The van der Waals surface area contributed by atoms with E-state index in [9.17, 15) is 13.6 Å². The van der Waals surface area contributed by atoms with E-state index in [4.69, 9.17) is 0 Å². The summed E-state index contributed by atoms with van der Waals surface area (Å²) in [7, 11) is 0. The van der Waals surface area contributed by atoms with Gasteiger partial charge in [0.15, 0.2) is 0 Å². The topological polar surface area (TPSA) is 59.8 Å². The molecule has 0 spiro atoms. The highest BCUT2D eigenvalue weighted by atomic mass is 32.2. The summed E-state index contributed by atoms with van der Waals surface area (Å²) in [6, 6.07) is 12.4. The minimum atomic E-state index is -0.384. The van der Waals surface area contributed by atoms with Gasteiger partial charge in [-0.25, -0.2) is 18.4 Å². The van der Waals surface area contributed by atoms with E-state index in [1.165, 1.54) is 34.6 Å². The number of carbonyl (C=O) groups excluding carboxylic acids is 1. The molecule has 1 aromatic heterocycles. The Labute approximate surface area is 159 Å². The number of thioether (sulfide) groups is 1. The quantitative estimate of drug-likeness (QED) is 0.629.